The van der Waals surface area contributed by atoms with Gasteiger partial charge in [-0.05, 0) is 24.6 Å². The summed E-state index contributed by atoms with van der Waals surface area (Å²) in [6.45, 7) is 1.89. The standard InChI is InChI=1S/C11H11BrN2O/c1-8(14-11(15)6-7-13)9-2-4-10(12)5-3-9/h2-5,8H,6H2,1H3,(H,14,15). The second kappa shape index (κ2) is 5.52. The van der Waals surface area contributed by atoms with Crippen molar-refractivity contribution in [1.29, 1.82) is 5.26 Å². The lowest BCUT2D eigenvalue weighted by atomic mass is 10.1. The Kier molecular flexibility index (Phi) is 4.32. The van der Waals surface area contributed by atoms with Crippen LogP contribution < -0.4 is 5.32 Å². The van der Waals surface area contributed by atoms with E-state index in [2.05, 4.69) is 21.2 Å². The summed E-state index contributed by atoms with van der Waals surface area (Å²) >= 11 is 3.34. The number of amides is 1. The first-order chi connectivity index (χ1) is 7.13. The molecular formula is C11H11BrN2O. The van der Waals surface area contributed by atoms with Crippen molar-refractivity contribution < 1.29 is 4.79 Å². The van der Waals surface area contributed by atoms with Gasteiger partial charge in [0, 0.05) is 4.47 Å². The van der Waals surface area contributed by atoms with Crippen LogP contribution in [-0.2, 0) is 4.79 Å². The summed E-state index contributed by atoms with van der Waals surface area (Å²) in [6, 6.07) is 9.45. The van der Waals surface area contributed by atoms with Gasteiger partial charge in [0.25, 0.3) is 0 Å². The fourth-order valence-electron chi connectivity index (χ4n) is 1.20. The van der Waals surface area contributed by atoms with Crippen LogP contribution >= 0.6 is 15.9 Å². The highest BCUT2D eigenvalue weighted by Gasteiger charge is 2.08. The van der Waals surface area contributed by atoms with Gasteiger partial charge in [0.2, 0.25) is 5.91 Å². The first kappa shape index (κ1) is 11.7. The molecule has 1 rings (SSSR count). The van der Waals surface area contributed by atoms with Crippen LogP contribution in [0, 0.1) is 11.3 Å². The molecular weight excluding hydrogens is 256 g/mol. The summed E-state index contributed by atoms with van der Waals surface area (Å²) in [5.74, 6) is -0.243. The van der Waals surface area contributed by atoms with Gasteiger partial charge in [-0.3, -0.25) is 4.79 Å². The van der Waals surface area contributed by atoms with E-state index in [0.29, 0.717) is 0 Å². The minimum absolute atomic E-state index is 0.0704. The molecule has 0 bridgehead atoms. The third kappa shape index (κ3) is 3.72. The van der Waals surface area contributed by atoms with Crippen molar-refractivity contribution in [3.05, 3.63) is 34.3 Å². The van der Waals surface area contributed by atoms with Gasteiger partial charge < -0.3 is 5.32 Å². The molecule has 0 radical (unpaired) electrons. The van der Waals surface area contributed by atoms with E-state index < -0.39 is 0 Å². The average molecular weight is 267 g/mol. The van der Waals surface area contributed by atoms with E-state index in [1.807, 2.05) is 37.3 Å². The van der Waals surface area contributed by atoms with Crippen LogP contribution in [0.1, 0.15) is 24.9 Å². The quantitative estimate of drug-likeness (QED) is 0.914. The van der Waals surface area contributed by atoms with Crippen molar-refractivity contribution in [2.24, 2.45) is 0 Å². The molecule has 0 aromatic heterocycles. The molecule has 0 saturated carbocycles. The number of hydrogen-bond acceptors (Lipinski definition) is 2. The third-order valence-corrected chi connectivity index (χ3v) is 2.52. The molecule has 1 unspecified atom stereocenters. The van der Waals surface area contributed by atoms with Crippen molar-refractivity contribution in [3.63, 3.8) is 0 Å². The lowest BCUT2D eigenvalue weighted by Gasteiger charge is -2.13. The van der Waals surface area contributed by atoms with Gasteiger partial charge >= 0.3 is 0 Å². The van der Waals surface area contributed by atoms with E-state index in [1.165, 1.54) is 0 Å². The SMILES string of the molecule is CC(NC(=O)CC#N)c1ccc(Br)cc1. The largest absolute Gasteiger partial charge is 0.349 e. The zero-order chi connectivity index (χ0) is 11.3. The van der Waals surface area contributed by atoms with Crippen molar-refractivity contribution in [2.75, 3.05) is 0 Å². The summed E-state index contributed by atoms with van der Waals surface area (Å²) in [5.41, 5.74) is 1.02. The van der Waals surface area contributed by atoms with Gasteiger partial charge in [-0.2, -0.15) is 5.26 Å². The van der Waals surface area contributed by atoms with Crippen LogP contribution in [0.5, 0.6) is 0 Å². The molecule has 0 aliphatic heterocycles. The maximum Gasteiger partial charge on any atom is 0.234 e. The van der Waals surface area contributed by atoms with Crippen molar-refractivity contribution in [1.82, 2.24) is 5.32 Å². The Balaban J connectivity index is 2.61. The topological polar surface area (TPSA) is 52.9 Å². The maximum atomic E-state index is 11.2. The van der Waals surface area contributed by atoms with E-state index in [0.717, 1.165) is 10.0 Å². The fraction of sp³-hybridized carbons (Fsp3) is 0.273. The Morgan fingerprint density at radius 3 is 2.67 bits per heavy atom. The van der Waals surface area contributed by atoms with Gasteiger partial charge in [0.05, 0.1) is 12.1 Å². The molecule has 0 saturated heterocycles. The van der Waals surface area contributed by atoms with E-state index in [-0.39, 0.29) is 18.4 Å². The van der Waals surface area contributed by atoms with E-state index in [1.54, 1.807) is 0 Å². The number of nitrogens with zero attached hydrogens (tertiary/aromatic N) is 1. The molecule has 0 aliphatic rings. The number of benzene rings is 1. The fourth-order valence-corrected chi connectivity index (χ4v) is 1.46. The predicted octanol–water partition coefficient (Wildman–Crippen LogP) is 2.54. The number of nitrogens with one attached hydrogen (secondary N) is 1. The molecule has 1 atom stereocenters. The number of hydrogen-bond donors (Lipinski definition) is 1. The molecule has 4 heteroatoms. The highest BCUT2D eigenvalue weighted by atomic mass is 79.9. The van der Waals surface area contributed by atoms with E-state index in [9.17, 15) is 4.79 Å². The molecule has 1 amide bonds. The minimum atomic E-state index is -0.243. The Bertz CT molecular complexity index is 381. The second-order valence-corrected chi connectivity index (χ2v) is 4.09. The zero-order valence-electron chi connectivity index (χ0n) is 8.33. The smallest absolute Gasteiger partial charge is 0.234 e. The van der Waals surface area contributed by atoms with Gasteiger partial charge in [-0.25, -0.2) is 0 Å². The van der Waals surface area contributed by atoms with Crippen molar-refractivity contribution in [2.45, 2.75) is 19.4 Å². The lowest BCUT2D eigenvalue weighted by molar-refractivity contribution is -0.120. The second-order valence-electron chi connectivity index (χ2n) is 3.18. The Morgan fingerprint density at radius 1 is 1.53 bits per heavy atom. The lowest BCUT2D eigenvalue weighted by Crippen LogP contribution is -2.25. The molecule has 1 aromatic rings. The van der Waals surface area contributed by atoms with Gasteiger partial charge in [0.15, 0.2) is 0 Å². The molecule has 15 heavy (non-hydrogen) atoms. The van der Waals surface area contributed by atoms with Gasteiger partial charge in [-0.1, -0.05) is 28.1 Å². The minimum Gasteiger partial charge on any atom is -0.349 e. The Hall–Kier alpha value is -1.34. The van der Waals surface area contributed by atoms with Crippen LogP contribution in [0.2, 0.25) is 0 Å². The monoisotopic (exact) mass is 266 g/mol. The number of carbonyl (C=O) groups excluding carboxylic acids is 1. The van der Waals surface area contributed by atoms with Crippen molar-refractivity contribution in [3.8, 4) is 6.07 Å². The summed E-state index contributed by atoms with van der Waals surface area (Å²) < 4.78 is 1.00. The van der Waals surface area contributed by atoms with Crippen LogP contribution in [0.4, 0.5) is 0 Å². The van der Waals surface area contributed by atoms with Crippen molar-refractivity contribution >= 4 is 21.8 Å². The Morgan fingerprint density at radius 2 is 2.13 bits per heavy atom. The van der Waals surface area contributed by atoms with Crippen LogP contribution in [0.3, 0.4) is 0 Å². The van der Waals surface area contributed by atoms with Crippen LogP contribution in [0.25, 0.3) is 0 Å². The first-order valence-electron chi connectivity index (χ1n) is 4.55. The number of rotatable bonds is 3. The van der Waals surface area contributed by atoms with Gasteiger partial charge in [-0.15, -0.1) is 0 Å². The molecule has 1 aromatic carbocycles. The number of nitriles is 1. The predicted molar refractivity (Wildman–Crippen MR) is 60.9 cm³/mol. The third-order valence-electron chi connectivity index (χ3n) is 1.99. The summed E-state index contributed by atoms with van der Waals surface area (Å²) in [5, 5.41) is 11.1. The Labute approximate surface area is 97.2 Å². The molecule has 78 valence electrons. The van der Waals surface area contributed by atoms with E-state index in [4.69, 9.17) is 5.26 Å². The molecule has 1 N–H and O–H groups in total. The highest BCUT2D eigenvalue weighted by Crippen LogP contribution is 2.16. The summed E-state index contributed by atoms with van der Waals surface area (Å²) in [6.07, 6.45) is -0.0964. The molecule has 0 aliphatic carbocycles. The molecule has 0 fully saturated rings. The van der Waals surface area contributed by atoms with Gasteiger partial charge in [0.1, 0.15) is 6.42 Å². The van der Waals surface area contributed by atoms with Crippen LogP contribution in [0.15, 0.2) is 28.7 Å². The molecule has 0 spiro atoms. The maximum absolute atomic E-state index is 11.2. The molecule has 0 heterocycles. The average Bonchev–Trinajstić information content (AvgIpc) is 2.18. The summed E-state index contributed by atoms with van der Waals surface area (Å²) in [7, 11) is 0. The van der Waals surface area contributed by atoms with E-state index >= 15 is 0 Å². The first-order valence-corrected chi connectivity index (χ1v) is 5.34. The number of halogens is 1. The number of carbonyl (C=O) groups is 1. The zero-order valence-corrected chi connectivity index (χ0v) is 9.91. The summed E-state index contributed by atoms with van der Waals surface area (Å²) in [4.78, 5) is 11.2. The normalized spacial score (nSPS) is 11.5. The molecule has 3 nitrogen and oxygen atoms in total. The highest BCUT2D eigenvalue weighted by molar-refractivity contribution is 9.10. The van der Waals surface area contributed by atoms with Crippen LogP contribution in [-0.4, -0.2) is 5.91 Å².